The highest BCUT2D eigenvalue weighted by atomic mass is 16.2. The van der Waals surface area contributed by atoms with E-state index in [0.29, 0.717) is 6.04 Å². The summed E-state index contributed by atoms with van der Waals surface area (Å²) in [5, 5.41) is 3.47. The molecule has 0 aromatic heterocycles. The average Bonchev–Trinajstić information content (AvgIpc) is 2.53. The molecule has 5 heteroatoms. The van der Waals surface area contributed by atoms with Crippen LogP contribution in [0.1, 0.15) is 32.6 Å². The summed E-state index contributed by atoms with van der Waals surface area (Å²) in [5.74, 6) is 0.858. The van der Waals surface area contributed by atoms with Crippen molar-refractivity contribution in [1.82, 2.24) is 20.0 Å². The van der Waals surface area contributed by atoms with Gasteiger partial charge in [0.2, 0.25) is 0 Å². The van der Waals surface area contributed by atoms with Gasteiger partial charge in [-0.1, -0.05) is 6.92 Å². The Morgan fingerprint density at radius 3 is 2.24 bits per heavy atom. The fraction of sp³-hybridized carbons (Fsp3) is 0.938. The summed E-state index contributed by atoms with van der Waals surface area (Å²) in [6, 6.07) is 0.856. The largest absolute Gasteiger partial charge is 0.331 e. The van der Waals surface area contributed by atoms with Crippen LogP contribution in [0, 0.1) is 5.92 Å². The Balaban J connectivity index is 1.70. The highest BCUT2D eigenvalue weighted by molar-refractivity contribution is 5.73. The first kappa shape index (κ1) is 16.6. The van der Waals surface area contributed by atoms with Gasteiger partial charge < -0.3 is 20.0 Å². The van der Waals surface area contributed by atoms with Gasteiger partial charge in [-0.15, -0.1) is 0 Å². The molecule has 0 radical (unpaired) electrons. The van der Waals surface area contributed by atoms with Gasteiger partial charge in [-0.05, 0) is 57.8 Å². The molecule has 2 amide bonds. The van der Waals surface area contributed by atoms with E-state index in [1.807, 2.05) is 19.0 Å². The number of rotatable bonds is 4. The van der Waals surface area contributed by atoms with Gasteiger partial charge in [-0.2, -0.15) is 0 Å². The predicted molar refractivity (Wildman–Crippen MR) is 86.5 cm³/mol. The van der Waals surface area contributed by atoms with Crippen LogP contribution in [0.15, 0.2) is 0 Å². The van der Waals surface area contributed by atoms with Gasteiger partial charge in [0.1, 0.15) is 0 Å². The summed E-state index contributed by atoms with van der Waals surface area (Å²) in [6.07, 6.45) is 4.92. The van der Waals surface area contributed by atoms with Crippen LogP contribution in [-0.4, -0.2) is 80.1 Å². The van der Waals surface area contributed by atoms with Crippen molar-refractivity contribution in [3.05, 3.63) is 0 Å². The van der Waals surface area contributed by atoms with E-state index in [1.165, 1.54) is 32.5 Å². The Labute approximate surface area is 129 Å². The van der Waals surface area contributed by atoms with Gasteiger partial charge >= 0.3 is 6.03 Å². The number of likely N-dealkylation sites (tertiary alicyclic amines) is 2. The van der Waals surface area contributed by atoms with Gasteiger partial charge in [0.25, 0.3) is 0 Å². The van der Waals surface area contributed by atoms with Crippen molar-refractivity contribution in [1.29, 1.82) is 0 Å². The van der Waals surface area contributed by atoms with E-state index in [0.717, 1.165) is 38.4 Å². The van der Waals surface area contributed by atoms with E-state index in [9.17, 15) is 4.79 Å². The minimum atomic E-state index is 0.165. The van der Waals surface area contributed by atoms with Gasteiger partial charge in [-0.3, -0.25) is 0 Å². The minimum absolute atomic E-state index is 0.165. The maximum Gasteiger partial charge on any atom is 0.319 e. The molecule has 2 aliphatic heterocycles. The quantitative estimate of drug-likeness (QED) is 0.853. The Morgan fingerprint density at radius 2 is 1.71 bits per heavy atom. The van der Waals surface area contributed by atoms with Crippen LogP contribution in [0.3, 0.4) is 0 Å². The SMILES string of the molecule is CCNCC1CCN(C2CCN(C(=O)N(C)C)CC2)CC1. The maximum absolute atomic E-state index is 12.0. The average molecular weight is 296 g/mol. The molecule has 2 aliphatic rings. The lowest BCUT2D eigenvalue weighted by Gasteiger charge is -2.42. The van der Waals surface area contributed by atoms with E-state index in [-0.39, 0.29) is 6.03 Å². The van der Waals surface area contributed by atoms with Gasteiger partial charge in [0.05, 0.1) is 0 Å². The lowest BCUT2D eigenvalue weighted by Crippen LogP contribution is -2.51. The molecule has 21 heavy (non-hydrogen) atoms. The van der Waals surface area contributed by atoms with Crippen molar-refractivity contribution in [2.24, 2.45) is 5.92 Å². The summed E-state index contributed by atoms with van der Waals surface area (Å²) < 4.78 is 0. The Hall–Kier alpha value is -0.810. The third-order valence-electron chi connectivity index (χ3n) is 4.97. The molecule has 0 aromatic carbocycles. The topological polar surface area (TPSA) is 38.8 Å². The summed E-state index contributed by atoms with van der Waals surface area (Å²) in [5.41, 5.74) is 0. The molecule has 0 bridgehead atoms. The fourth-order valence-electron chi connectivity index (χ4n) is 3.58. The third-order valence-corrected chi connectivity index (χ3v) is 4.97. The van der Waals surface area contributed by atoms with Crippen molar-refractivity contribution in [3.63, 3.8) is 0 Å². The minimum Gasteiger partial charge on any atom is -0.331 e. The first-order valence-electron chi connectivity index (χ1n) is 8.52. The zero-order valence-electron chi connectivity index (χ0n) is 14.0. The van der Waals surface area contributed by atoms with E-state index in [2.05, 4.69) is 17.1 Å². The zero-order valence-corrected chi connectivity index (χ0v) is 14.0. The number of hydrogen-bond donors (Lipinski definition) is 1. The van der Waals surface area contributed by atoms with Crippen molar-refractivity contribution in [3.8, 4) is 0 Å². The van der Waals surface area contributed by atoms with Crippen molar-refractivity contribution in [2.45, 2.75) is 38.6 Å². The summed E-state index contributed by atoms with van der Waals surface area (Å²) in [6.45, 7) is 8.75. The molecule has 2 saturated heterocycles. The normalized spacial score (nSPS) is 22.5. The summed E-state index contributed by atoms with van der Waals surface area (Å²) in [7, 11) is 3.67. The maximum atomic E-state index is 12.0. The number of carbonyl (C=O) groups is 1. The second-order valence-corrected chi connectivity index (χ2v) is 6.68. The first-order valence-corrected chi connectivity index (χ1v) is 8.52. The second-order valence-electron chi connectivity index (χ2n) is 6.68. The van der Waals surface area contributed by atoms with Crippen molar-refractivity contribution < 1.29 is 4.79 Å². The molecular weight excluding hydrogens is 264 g/mol. The summed E-state index contributed by atoms with van der Waals surface area (Å²) >= 11 is 0. The Kier molecular flexibility index (Phi) is 6.30. The second kappa shape index (κ2) is 7.99. The molecule has 5 nitrogen and oxygen atoms in total. The molecule has 2 fully saturated rings. The Bertz CT molecular complexity index is 318. The zero-order chi connectivity index (χ0) is 15.2. The van der Waals surface area contributed by atoms with Gasteiger partial charge in [0, 0.05) is 33.2 Å². The van der Waals surface area contributed by atoms with Crippen LogP contribution < -0.4 is 5.32 Å². The van der Waals surface area contributed by atoms with Crippen LogP contribution in [0.5, 0.6) is 0 Å². The molecule has 122 valence electrons. The number of carbonyl (C=O) groups excluding carboxylic acids is 1. The van der Waals surface area contributed by atoms with Crippen LogP contribution >= 0.6 is 0 Å². The number of nitrogens with zero attached hydrogens (tertiary/aromatic N) is 3. The number of hydrogen-bond acceptors (Lipinski definition) is 3. The molecule has 0 atom stereocenters. The van der Waals surface area contributed by atoms with Gasteiger partial charge in [-0.25, -0.2) is 4.79 Å². The molecule has 2 heterocycles. The van der Waals surface area contributed by atoms with Crippen molar-refractivity contribution >= 4 is 6.03 Å². The lowest BCUT2D eigenvalue weighted by molar-refractivity contribution is 0.0806. The van der Waals surface area contributed by atoms with Gasteiger partial charge in [0.15, 0.2) is 0 Å². The molecule has 1 N–H and O–H groups in total. The lowest BCUT2D eigenvalue weighted by atomic mass is 9.93. The molecule has 2 rings (SSSR count). The van der Waals surface area contributed by atoms with Crippen molar-refractivity contribution in [2.75, 3.05) is 53.4 Å². The molecular formula is C16H32N4O. The monoisotopic (exact) mass is 296 g/mol. The number of urea groups is 1. The smallest absolute Gasteiger partial charge is 0.319 e. The third kappa shape index (κ3) is 4.58. The predicted octanol–water partition coefficient (Wildman–Crippen LogP) is 1.45. The molecule has 0 unspecified atom stereocenters. The number of piperidine rings is 2. The molecule has 0 spiro atoms. The van der Waals surface area contributed by atoms with E-state index < -0.39 is 0 Å². The van der Waals surface area contributed by atoms with Crippen LogP contribution in [-0.2, 0) is 0 Å². The number of nitrogens with one attached hydrogen (secondary N) is 1. The van der Waals surface area contributed by atoms with E-state index >= 15 is 0 Å². The summed E-state index contributed by atoms with van der Waals surface area (Å²) in [4.78, 5) is 18.3. The van der Waals surface area contributed by atoms with Crippen LogP contribution in [0.2, 0.25) is 0 Å². The first-order chi connectivity index (χ1) is 10.1. The highest BCUT2D eigenvalue weighted by Crippen LogP contribution is 2.23. The highest BCUT2D eigenvalue weighted by Gasteiger charge is 2.29. The molecule has 0 aromatic rings. The number of amides is 2. The van der Waals surface area contributed by atoms with E-state index in [4.69, 9.17) is 0 Å². The van der Waals surface area contributed by atoms with E-state index in [1.54, 1.807) is 4.90 Å². The molecule has 0 saturated carbocycles. The standard InChI is InChI=1S/C16H32N4O/c1-4-17-13-14-5-9-19(10-6-14)15-7-11-20(12-8-15)16(21)18(2)3/h14-15,17H,4-13H2,1-3H3. The molecule has 0 aliphatic carbocycles. The Morgan fingerprint density at radius 1 is 1.10 bits per heavy atom. The van der Waals surface area contributed by atoms with Crippen LogP contribution in [0.4, 0.5) is 4.79 Å². The fourth-order valence-corrected chi connectivity index (χ4v) is 3.58. The van der Waals surface area contributed by atoms with Crippen LogP contribution in [0.25, 0.3) is 0 Å².